The van der Waals surface area contributed by atoms with Crippen LogP contribution in [0.4, 0.5) is 5.13 Å². The van der Waals surface area contributed by atoms with E-state index in [1.807, 2.05) is 0 Å². The van der Waals surface area contributed by atoms with Gasteiger partial charge in [0.1, 0.15) is 4.88 Å². The Bertz CT molecular complexity index is 495. The van der Waals surface area contributed by atoms with Crippen molar-refractivity contribution in [2.75, 3.05) is 5.32 Å². The number of hydrogen-bond donors (Lipinski definition) is 1. The fraction of sp³-hybridized carbons (Fsp3) is 0.143. The summed E-state index contributed by atoms with van der Waals surface area (Å²) in [5.41, 5.74) is 0.633. The number of aromatic nitrogens is 3. The summed E-state index contributed by atoms with van der Waals surface area (Å²) in [5, 5.41) is 7.00. The predicted molar refractivity (Wildman–Crippen MR) is 62.4 cm³/mol. The second kappa shape index (κ2) is 4.33. The van der Waals surface area contributed by atoms with E-state index < -0.39 is 0 Å². The van der Waals surface area contributed by atoms with Crippen LogP contribution in [0.5, 0.6) is 0 Å². The highest BCUT2D eigenvalue weighted by atomic mass is 79.9. The molecule has 2 rings (SSSR count). The van der Waals surface area contributed by atoms with E-state index in [9.17, 15) is 4.79 Å². The predicted octanol–water partition coefficient (Wildman–Crippen LogP) is 2.32. The summed E-state index contributed by atoms with van der Waals surface area (Å²) in [6, 6.07) is 0. The zero-order valence-electron chi connectivity index (χ0n) is 7.52. The fourth-order valence-corrected chi connectivity index (χ4v) is 2.56. The van der Waals surface area contributed by atoms with Gasteiger partial charge < -0.3 is 0 Å². The lowest BCUT2D eigenvalue weighted by molar-refractivity contribution is 0.103. The number of anilines is 1. The second-order valence-corrected chi connectivity index (χ2v) is 5.78. The maximum Gasteiger partial charge on any atom is 0.271 e. The van der Waals surface area contributed by atoms with Gasteiger partial charge in [-0.25, -0.2) is 4.98 Å². The molecule has 0 bridgehead atoms. The molecule has 0 fully saturated rings. The van der Waals surface area contributed by atoms with Crippen LogP contribution in [-0.2, 0) is 0 Å². The molecule has 2 heterocycles. The van der Waals surface area contributed by atoms with Crippen molar-refractivity contribution < 1.29 is 4.79 Å². The number of aryl methyl sites for hydroxylation is 1. The summed E-state index contributed by atoms with van der Waals surface area (Å²) in [6.07, 6.45) is 1.64. The average Bonchev–Trinajstić information content (AvgIpc) is 2.75. The van der Waals surface area contributed by atoms with Crippen molar-refractivity contribution in [1.82, 2.24) is 14.6 Å². The highest BCUT2D eigenvalue weighted by Gasteiger charge is 2.14. The Balaban J connectivity index is 2.14. The van der Waals surface area contributed by atoms with Gasteiger partial charge in [0.05, 0.1) is 15.7 Å². The van der Waals surface area contributed by atoms with E-state index in [0.717, 1.165) is 15.3 Å². The molecule has 1 amide bonds. The molecular formula is C7H5BrN4OS2. The van der Waals surface area contributed by atoms with Crippen LogP contribution >= 0.6 is 38.8 Å². The van der Waals surface area contributed by atoms with Crippen LogP contribution < -0.4 is 5.32 Å². The van der Waals surface area contributed by atoms with Crippen LogP contribution in [0.25, 0.3) is 0 Å². The number of nitrogens with zero attached hydrogens (tertiary/aromatic N) is 3. The van der Waals surface area contributed by atoms with E-state index in [1.165, 1.54) is 11.3 Å². The molecule has 8 heteroatoms. The Morgan fingerprint density at radius 3 is 2.93 bits per heavy atom. The SMILES string of the molecule is Cc1nnsc1C(=O)Nc1ncc(Br)s1. The lowest BCUT2D eigenvalue weighted by Crippen LogP contribution is -2.11. The lowest BCUT2D eigenvalue weighted by Gasteiger charge is -1.97. The number of nitrogens with one attached hydrogen (secondary N) is 1. The first-order valence-electron chi connectivity index (χ1n) is 3.88. The Kier molecular flexibility index (Phi) is 3.08. The van der Waals surface area contributed by atoms with Crippen LogP contribution in [0.15, 0.2) is 9.98 Å². The minimum absolute atomic E-state index is 0.218. The molecular weight excluding hydrogens is 300 g/mol. The Morgan fingerprint density at radius 2 is 2.40 bits per heavy atom. The first kappa shape index (κ1) is 10.7. The summed E-state index contributed by atoms with van der Waals surface area (Å²) in [6.45, 7) is 1.75. The molecule has 0 aliphatic rings. The molecule has 15 heavy (non-hydrogen) atoms. The molecule has 78 valence electrons. The largest absolute Gasteiger partial charge is 0.297 e. The molecule has 2 aromatic heterocycles. The lowest BCUT2D eigenvalue weighted by atomic mass is 10.4. The quantitative estimate of drug-likeness (QED) is 0.924. The summed E-state index contributed by atoms with van der Waals surface area (Å²) in [5.74, 6) is -0.218. The van der Waals surface area contributed by atoms with Crippen LogP contribution in [0.1, 0.15) is 15.4 Å². The van der Waals surface area contributed by atoms with Gasteiger partial charge in [-0.3, -0.25) is 10.1 Å². The Hall–Kier alpha value is -0.860. The van der Waals surface area contributed by atoms with E-state index in [0.29, 0.717) is 15.7 Å². The van der Waals surface area contributed by atoms with Crippen molar-refractivity contribution in [2.24, 2.45) is 0 Å². The molecule has 5 nitrogen and oxygen atoms in total. The van der Waals surface area contributed by atoms with Gasteiger partial charge in [-0.15, -0.1) is 5.10 Å². The van der Waals surface area contributed by atoms with Crippen molar-refractivity contribution in [3.63, 3.8) is 0 Å². The number of halogens is 1. The summed E-state index contributed by atoms with van der Waals surface area (Å²) >= 11 is 5.70. The van der Waals surface area contributed by atoms with E-state index in [2.05, 4.69) is 35.8 Å². The minimum Gasteiger partial charge on any atom is -0.297 e. The highest BCUT2D eigenvalue weighted by molar-refractivity contribution is 9.11. The third-order valence-corrected chi connectivity index (χ3v) is 3.77. The number of amides is 1. The van der Waals surface area contributed by atoms with Crippen LogP contribution in [0.3, 0.4) is 0 Å². The van der Waals surface area contributed by atoms with Gasteiger partial charge in [0.2, 0.25) is 0 Å². The molecule has 0 saturated carbocycles. The van der Waals surface area contributed by atoms with Gasteiger partial charge in [0.15, 0.2) is 5.13 Å². The van der Waals surface area contributed by atoms with Crippen LogP contribution in [0, 0.1) is 6.92 Å². The van der Waals surface area contributed by atoms with Gasteiger partial charge in [-0.05, 0) is 34.4 Å². The topological polar surface area (TPSA) is 67.8 Å². The van der Waals surface area contributed by atoms with Crippen LogP contribution in [-0.4, -0.2) is 20.5 Å². The molecule has 1 N–H and O–H groups in total. The van der Waals surface area contributed by atoms with Gasteiger partial charge in [-0.2, -0.15) is 0 Å². The molecule has 0 saturated heterocycles. The summed E-state index contributed by atoms with van der Waals surface area (Å²) < 4.78 is 4.57. The standard InChI is InChI=1S/C7H5BrN4OS2/c1-3-5(15-12-11-3)6(13)10-7-9-2-4(8)14-7/h2H,1H3,(H,9,10,13). The smallest absolute Gasteiger partial charge is 0.271 e. The molecule has 0 aliphatic carbocycles. The molecule has 0 unspecified atom stereocenters. The van der Waals surface area contributed by atoms with Gasteiger partial charge in [0.25, 0.3) is 5.91 Å². The van der Waals surface area contributed by atoms with E-state index in [4.69, 9.17) is 0 Å². The highest BCUT2D eigenvalue weighted by Crippen LogP contribution is 2.24. The van der Waals surface area contributed by atoms with Crippen LogP contribution in [0.2, 0.25) is 0 Å². The normalized spacial score (nSPS) is 10.3. The molecule has 2 aromatic rings. The molecule has 0 atom stereocenters. The minimum atomic E-state index is -0.218. The van der Waals surface area contributed by atoms with Crippen molar-refractivity contribution >= 4 is 49.8 Å². The average molecular weight is 305 g/mol. The van der Waals surface area contributed by atoms with Crippen molar-refractivity contribution in [2.45, 2.75) is 6.92 Å². The molecule has 0 spiro atoms. The Labute approximate surface area is 102 Å². The number of carbonyl (C=O) groups excluding carboxylic acids is 1. The van der Waals surface area contributed by atoms with Crippen molar-refractivity contribution in [3.05, 3.63) is 20.6 Å². The monoisotopic (exact) mass is 304 g/mol. The fourth-order valence-electron chi connectivity index (χ4n) is 0.906. The summed E-state index contributed by atoms with van der Waals surface area (Å²) in [7, 11) is 0. The zero-order chi connectivity index (χ0) is 10.8. The third kappa shape index (κ3) is 2.39. The Morgan fingerprint density at radius 1 is 1.60 bits per heavy atom. The maximum absolute atomic E-state index is 11.7. The third-order valence-electron chi connectivity index (χ3n) is 1.56. The van der Waals surface area contributed by atoms with Gasteiger partial charge >= 0.3 is 0 Å². The first-order valence-corrected chi connectivity index (χ1v) is 6.27. The number of carbonyl (C=O) groups is 1. The second-order valence-electron chi connectivity index (χ2n) is 2.61. The molecule has 0 radical (unpaired) electrons. The van der Waals surface area contributed by atoms with E-state index >= 15 is 0 Å². The number of thiazole rings is 1. The van der Waals surface area contributed by atoms with Crippen molar-refractivity contribution in [1.29, 1.82) is 0 Å². The first-order chi connectivity index (χ1) is 7.16. The maximum atomic E-state index is 11.7. The van der Waals surface area contributed by atoms with E-state index in [-0.39, 0.29) is 5.91 Å². The van der Waals surface area contributed by atoms with Crippen molar-refractivity contribution in [3.8, 4) is 0 Å². The van der Waals surface area contributed by atoms with Gasteiger partial charge in [0, 0.05) is 0 Å². The summed E-state index contributed by atoms with van der Waals surface area (Å²) in [4.78, 5) is 16.2. The zero-order valence-corrected chi connectivity index (χ0v) is 10.7. The van der Waals surface area contributed by atoms with E-state index in [1.54, 1.807) is 13.1 Å². The molecule has 0 aliphatic heterocycles. The molecule has 0 aromatic carbocycles. The van der Waals surface area contributed by atoms with Gasteiger partial charge in [-0.1, -0.05) is 15.8 Å². The number of rotatable bonds is 2. The number of hydrogen-bond acceptors (Lipinski definition) is 6.